The van der Waals surface area contributed by atoms with Crippen molar-refractivity contribution >= 4 is 23.2 Å². The van der Waals surface area contributed by atoms with Crippen molar-refractivity contribution in [1.82, 2.24) is 9.88 Å². The summed E-state index contributed by atoms with van der Waals surface area (Å²) in [5, 5.41) is 3.38. The summed E-state index contributed by atoms with van der Waals surface area (Å²) in [4.78, 5) is 16.8. The molecule has 0 spiro atoms. The van der Waals surface area contributed by atoms with E-state index < -0.39 is 5.82 Å². The first-order valence-corrected chi connectivity index (χ1v) is 7.30. The lowest BCUT2D eigenvalue weighted by Gasteiger charge is -2.12. The lowest BCUT2D eigenvalue weighted by Crippen LogP contribution is -2.27. The smallest absolute Gasteiger partial charge is 0.259 e. The zero-order valence-electron chi connectivity index (χ0n) is 12.8. The highest BCUT2D eigenvalue weighted by molar-refractivity contribution is 6.29. The van der Waals surface area contributed by atoms with Crippen molar-refractivity contribution in [1.29, 1.82) is 0 Å². The molecule has 5 nitrogen and oxygen atoms in total. The van der Waals surface area contributed by atoms with Gasteiger partial charge >= 0.3 is 0 Å². The van der Waals surface area contributed by atoms with Gasteiger partial charge in [0.25, 0.3) is 5.91 Å². The second-order valence-corrected chi connectivity index (χ2v) is 5.45. The van der Waals surface area contributed by atoms with Crippen molar-refractivity contribution in [2.24, 2.45) is 0 Å². The van der Waals surface area contributed by atoms with Crippen LogP contribution in [0.1, 0.15) is 5.56 Å². The van der Waals surface area contributed by atoms with Crippen LogP contribution in [0.25, 0.3) is 0 Å². The van der Waals surface area contributed by atoms with Gasteiger partial charge in [-0.1, -0.05) is 17.7 Å². The minimum Gasteiger partial charge on any atom is -0.484 e. The topological polar surface area (TPSA) is 54.5 Å². The number of rotatable bonds is 6. The number of hydrogen-bond donors (Lipinski definition) is 1. The molecule has 2 aromatic rings. The fourth-order valence-electron chi connectivity index (χ4n) is 1.71. The number of halogens is 2. The second-order valence-electron chi connectivity index (χ2n) is 5.06. The molecule has 0 saturated carbocycles. The van der Waals surface area contributed by atoms with Crippen molar-refractivity contribution in [2.75, 3.05) is 26.0 Å². The lowest BCUT2D eigenvalue weighted by molar-refractivity contribution is -0.130. The van der Waals surface area contributed by atoms with E-state index >= 15 is 0 Å². The summed E-state index contributed by atoms with van der Waals surface area (Å²) < 4.78 is 19.3. The van der Waals surface area contributed by atoms with E-state index in [0.29, 0.717) is 23.1 Å². The molecular formula is C16H17ClFN3O2. The minimum absolute atomic E-state index is 0.129. The summed E-state index contributed by atoms with van der Waals surface area (Å²) in [5.41, 5.74) is 1.22. The van der Waals surface area contributed by atoms with Crippen molar-refractivity contribution in [3.8, 4) is 5.75 Å². The molecule has 1 aromatic heterocycles. The van der Waals surface area contributed by atoms with Crippen LogP contribution < -0.4 is 10.1 Å². The van der Waals surface area contributed by atoms with Gasteiger partial charge in [-0.3, -0.25) is 4.79 Å². The van der Waals surface area contributed by atoms with E-state index in [1.54, 1.807) is 38.5 Å². The van der Waals surface area contributed by atoms with Crippen LogP contribution >= 0.6 is 11.6 Å². The Morgan fingerprint density at radius 1 is 1.35 bits per heavy atom. The average Bonchev–Trinajstić information content (AvgIpc) is 2.53. The standard InChI is InChI=1S/C16H17ClFN3O2/c1-21(2)16(22)10-23-12-4-5-14(13(18)7-12)19-8-11-3-6-15(17)20-9-11/h3-7,9,19H,8,10H2,1-2H3. The van der Waals surface area contributed by atoms with Crippen LogP contribution in [0.2, 0.25) is 5.15 Å². The maximum atomic E-state index is 14.0. The summed E-state index contributed by atoms with van der Waals surface area (Å²) in [6.07, 6.45) is 1.62. The molecule has 23 heavy (non-hydrogen) atoms. The first-order valence-electron chi connectivity index (χ1n) is 6.92. The van der Waals surface area contributed by atoms with Gasteiger partial charge in [-0.15, -0.1) is 0 Å². The number of amides is 1. The lowest BCUT2D eigenvalue weighted by atomic mass is 10.2. The van der Waals surface area contributed by atoms with E-state index in [9.17, 15) is 9.18 Å². The number of carbonyl (C=O) groups is 1. The summed E-state index contributed by atoms with van der Waals surface area (Å²) in [6, 6.07) is 7.90. The van der Waals surface area contributed by atoms with Crippen molar-refractivity contribution < 1.29 is 13.9 Å². The normalized spacial score (nSPS) is 10.3. The monoisotopic (exact) mass is 337 g/mol. The van der Waals surface area contributed by atoms with E-state index in [0.717, 1.165) is 5.56 Å². The number of pyridine rings is 1. The van der Waals surface area contributed by atoms with Gasteiger partial charge < -0.3 is 15.0 Å². The van der Waals surface area contributed by atoms with Crippen molar-refractivity contribution in [3.63, 3.8) is 0 Å². The van der Waals surface area contributed by atoms with Gasteiger partial charge in [0.05, 0.1) is 5.69 Å². The Bertz CT molecular complexity index is 678. The Kier molecular flexibility index (Phi) is 5.76. The maximum Gasteiger partial charge on any atom is 0.259 e. The van der Waals surface area contributed by atoms with Crippen LogP contribution in [0, 0.1) is 5.82 Å². The van der Waals surface area contributed by atoms with E-state index in [1.165, 1.54) is 11.0 Å². The number of ether oxygens (including phenoxy) is 1. The van der Waals surface area contributed by atoms with E-state index in [-0.39, 0.29) is 12.5 Å². The molecule has 1 N–H and O–H groups in total. The molecule has 2 rings (SSSR count). The largest absolute Gasteiger partial charge is 0.484 e. The molecule has 0 atom stereocenters. The molecule has 0 bridgehead atoms. The average molecular weight is 338 g/mol. The molecule has 1 aromatic carbocycles. The van der Waals surface area contributed by atoms with Crippen LogP contribution in [-0.2, 0) is 11.3 Å². The van der Waals surface area contributed by atoms with Crippen LogP contribution in [0.4, 0.5) is 10.1 Å². The molecule has 0 saturated heterocycles. The number of nitrogens with one attached hydrogen (secondary N) is 1. The van der Waals surface area contributed by atoms with E-state index in [2.05, 4.69) is 10.3 Å². The zero-order valence-corrected chi connectivity index (χ0v) is 13.6. The third kappa shape index (κ3) is 5.10. The molecule has 0 aliphatic rings. The Morgan fingerprint density at radius 2 is 2.13 bits per heavy atom. The first-order chi connectivity index (χ1) is 11.0. The third-order valence-corrected chi connectivity index (χ3v) is 3.30. The molecule has 1 amide bonds. The highest BCUT2D eigenvalue weighted by Crippen LogP contribution is 2.21. The van der Waals surface area contributed by atoms with Gasteiger partial charge in [0.15, 0.2) is 6.61 Å². The number of hydrogen-bond acceptors (Lipinski definition) is 4. The maximum absolute atomic E-state index is 14.0. The van der Waals surface area contributed by atoms with E-state index in [1.807, 2.05) is 6.07 Å². The third-order valence-electron chi connectivity index (χ3n) is 3.07. The van der Waals surface area contributed by atoms with Crippen molar-refractivity contribution in [3.05, 3.63) is 53.1 Å². The molecular weight excluding hydrogens is 321 g/mol. The number of likely N-dealkylation sites (N-methyl/N-ethyl adjacent to an activating group) is 1. The van der Waals surface area contributed by atoms with Crippen LogP contribution in [-0.4, -0.2) is 36.5 Å². The van der Waals surface area contributed by atoms with Gasteiger partial charge in [0, 0.05) is 32.9 Å². The summed E-state index contributed by atoms with van der Waals surface area (Å²) in [7, 11) is 3.26. The molecule has 0 unspecified atom stereocenters. The molecule has 122 valence electrons. The quantitative estimate of drug-likeness (QED) is 0.823. The second kappa shape index (κ2) is 7.78. The zero-order chi connectivity index (χ0) is 16.8. The molecule has 0 fully saturated rings. The molecule has 0 radical (unpaired) electrons. The van der Waals surface area contributed by atoms with Gasteiger partial charge in [-0.2, -0.15) is 0 Å². The molecule has 0 aliphatic heterocycles. The Balaban J connectivity index is 1.93. The number of nitrogens with zero attached hydrogens (tertiary/aromatic N) is 2. The van der Waals surface area contributed by atoms with Crippen LogP contribution in [0.5, 0.6) is 5.75 Å². The Labute approximate surface area is 139 Å². The number of carbonyl (C=O) groups excluding carboxylic acids is 1. The molecule has 1 heterocycles. The Morgan fingerprint density at radius 3 is 2.74 bits per heavy atom. The van der Waals surface area contributed by atoms with Crippen molar-refractivity contribution in [2.45, 2.75) is 6.54 Å². The first kappa shape index (κ1) is 17.0. The fraction of sp³-hybridized carbons (Fsp3) is 0.250. The molecule has 7 heteroatoms. The number of aromatic nitrogens is 1. The summed E-state index contributed by atoms with van der Waals surface area (Å²) in [5.74, 6) is -0.346. The summed E-state index contributed by atoms with van der Waals surface area (Å²) >= 11 is 5.71. The summed E-state index contributed by atoms with van der Waals surface area (Å²) in [6.45, 7) is 0.288. The molecule has 0 aliphatic carbocycles. The van der Waals surface area contributed by atoms with Crippen LogP contribution in [0.3, 0.4) is 0 Å². The van der Waals surface area contributed by atoms with Gasteiger partial charge in [-0.25, -0.2) is 9.37 Å². The van der Waals surface area contributed by atoms with E-state index in [4.69, 9.17) is 16.3 Å². The van der Waals surface area contributed by atoms with Gasteiger partial charge in [-0.05, 0) is 23.8 Å². The SMILES string of the molecule is CN(C)C(=O)COc1ccc(NCc2ccc(Cl)nc2)c(F)c1. The predicted octanol–water partition coefficient (Wildman–Crippen LogP) is 2.95. The number of anilines is 1. The van der Waals surface area contributed by atoms with Crippen LogP contribution in [0.15, 0.2) is 36.5 Å². The van der Waals surface area contributed by atoms with Gasteiger partial charge in [0.1, 0.15) is 16.7 Å². The van der Waals surface area contributed by atoms with Gasteiger partial charge in [0.2, 0.25) is 0 Å². The Hall–Kier alpha value is -2.34. The minimum atomic E-state index is -0.457. The fourth-order valence-corrected chi connectivity index (χ4v) is 1.82. The number of benzene rings is 1. The highest BCUT2D eigenvalue weighted by Gasteiger charge is 2.08. The highest BCUT2D eigenvalue weighted by atomic mass is 35.5. The predicted molar refractivity (Wildman–Crippen MR) is 87.2 cm³/mol.